The van der Waals surface area contributed by atoms with Crippen molar-refractivity contribution in [1.29, 1.82) is 0 Å². The van der Waals surface area contributed by atoms with Gasteiger partial charge in [-0.3, -0.25) is 9.59 Å². The van der Waals surface area contributed by atoms with Crippen molar-refractivity contribution in [2.45, 2.75) is 19.4 Å². The van der Waals surface area contributed by atoms with Crippen LogP contribution in [0.2, 0.25) is 0 Å². The van der Waals surface area contributed by atoms with Crippen molar-refractivity contribution in [3.05, 3.63) is 84.3 Å². The number of carbonyl (C=O) groups excluding carboxylic acids is 2. The molecule has 0 fully saturated rings. The number of benzene rings is 2. The van der Waals surface area contributed by atoms with E-state index in [2.05, 4.69) is 17.4 Å². The molecule has 27 heavy (non-hydrogen) atoms. The highest BCUT2D eigenvalue weighted by atomic mass is 16.5. The Morgan fingerprint density at radius 3 is 2.33 bits per heavy atom. The Morgan fingerprint density at radius 1 is 0.889 bits per heavy atom. The second-order valence-corrected chi connectivity index (χ2v) is 6.06. The number of amides is 1. The predicted octanol–water partition coefficient (Wildman–Crippen LogP) is 4.20. The van der Waals surface area contributed by atoms with Gasteiger partial charge in [-0.2, -0.15) is 0 Å². The number of hydrogen-bond donors (Lipinski definition) is 1. The first-order chi connectivity index (χ1) is 13.2. The fourth-order valence-electron chi connectivity index (χ4n) is 2.59. The molecule has 0 aliphatic rings. The van der Waals surface area contributed by atoms with Crippen LogP contribution in [0.25, 0.3) is 11.1 Å². The standard InChI is InChI=1S/C22H21NO4/c24-21(9-4-14-23-22(25)20-8-5-15-26-20)27-16-17-10-12-19(13-11-17)18-6-2-1-3-7-18/h1-3,5-8,10-13,15H,4,9,14,16H2,(H,23,25). The van der Waals surface area contributed by atoms with Crippen LogP contribution in [0.3, 0.4) is 0 Å². The highest BCUT2D eigenvalue weighted by Crippen LogP contribution is 2.19. The SMILES string of the molecule is O=C(CCCNC(=O)c1ccco1)OCc1ccc(-c2ccccc2)cc1. The van der Waals surface area contributed by atoms with Crippen LogP contribution in [0.5, 0.6) is 0 Å². The summed E-state index contributed by atoms with van der Waals surface area (Å²) in [7, 11) is 0. The van der Waals surface area contributed by atoms with Crippen molar-refractivity contribution in [3.63, 3.8) is 0 Å². The Balaban J connectivity index is 1.36. The van der Waals surface area contributed by atoms with Gasteiger partial charge in [0, 0.05) is 13.0 Å². The number of ether oxygens (including phenoxy) is 1. The fraction of sp³-hybridized carbons (Fsp3) is 0.182. The van der Waals surface area contributed by atoms with Crippen molar-refractivity contribution < 1.29 is 18.7 Å². The molecule has 1 N–H and O–H groups in total. The maximum absolute atomic E-state index is 11.8. The van der Waals surface area contributed by atoms with Gasteiger partial charge in [-0.05, 0) is 35.2 Å². The zero-order chi connectivity index (χ0) is 18.9. The Kier molecular flexibility index (Phi) is 6.41. The topological polar surface area (TPSA) is 68.5 Å². The molecule has 3 aromatic rings. The number of nitrogens with one attached hydrogen (secondary N) is 1. The summed E-state index contributed by atoms with van der Waals surface area (Å²) in [6.07, 6.45) is 2.21. The smallest absolute Gasteiger partial charge is 0.306 e. The van der Waals surface area contributed by atoms with E-state index in [1.165, 1.54) is 6.26 Å². The van der Waals surface area contributed by atoms with Gasteiger partial charge in [0.25, 0.3) is 5.91 Å². The van der Waals surface area contributed by atoms with Crippen LogP contribution in [0.4, 0.5) is 0 Å². The minimum atomic E-state index is -0.285. The van der Waals surface area contributed by atoms with E-state index >= 15 is 0 Å². The molecule has 0 aliphatic heterocycles. The number of furan rings is 1. The average Bonchev–Trinajstić information content (AvgIpc) is 3.25. The molecule has 138 valence electrons. The minimum absolute atomic E-state index is 0.243. The zero-order valence-corrected chi connectivity index (χ0v) is 14.9. The summed E-state index contributed by atoms with van der Waals surface area (Å²) in [5, 5.41) is 2.70. The Morgan fingerprint density at radius 2 is 1.63 bits per heavy atom. The molecule has 5 heteroatoms. The van der Waals surface area contributed by atoms with Crippen molar-refractivity contribution in [3.8, 4) is 11.1 Å². The summed E-state index contributed by atoms with van der Waals surface area (Å²) >= 11 is 0. The fourth-order valence-corrected chi connectivity index (χ4v) is 2.59. The van der Waals surface area contributed by atoms with Crippen molar-refractivity contribution in [2.75, 3.05) is 6.54 Å². The van der Waals surface area contributed by atoms with Crippen molar-refractivity contribution in [2.24, 2.45) is 0 Å². The van der Waals surface area contributed by atoms with Crippen LogP contribution in [-0.2, 0) is 16.1 Å². The maximum Gasteiger partial charge on any atom is 0.306 e. The lowest BCUT2D eigenvalue weighted by Gasteiger charge is -2.07. The van der Waals surface area contributed by atoms with E-state index < -0.39 is 0 Å². The van der Waals surface area contributed by atoms with Crippen LogP contribution in [-0.4, -0.2) is 18.4 Å². The van der Waals surface area contributed by atoms with Crippen LogP contribution in [0.15, 0.2) is 77.4 Å². The van der Waals surface area contributed by atoms with E-state index in [1.807, 2.05) is 42.5 Å². The zero-order valence-electron chi connectivity index (χ0n) is 14.9. The molecule has 1 amide bonds. The van der Waals surface area contributed by atoms with Gasteiger partial charge in [-0.25, -0.2) is 0 Å². The lowest BCUT2D eigenvalue weighted by Crippen LogP contribution is -2.24. The molecule has 2 aromatic carbocycles. The number of hydrogen-bond acceptors (Lipinski definition) is 4. The van der Waals surface area contributed by atoms with E-state index in [1.54, 1.807) is 12.1 Å². The van der Waals surface area contributed by atoms with E-state index in [-0.39, 0.29) is 30.7 Å². The first-order valence-corrected chi connectivity index (χ1v) is 8.84. The van der Waals surface area contributed by atoms with Gasteiger partial charge in [0.15, 0.2) is 5.76 Å². The second kappa shape index (κ2) is 9.38. The highest BCUT2D eigenvalue weighted by Gasteiger charge is 2.08. The summed E-state index contributed by atoms with van der Waals surface area (Å²) in [5.41, 5.74) is 3.21. The molecule has 0 bridgehead atoms. The van der Waals surface area contributed by atoms with Crippen molar-refractivity contribution >= 4 is 11.9 Å². The van der Waals surface area contributed by atoms with E-state index in [4.69, 9.17) is 9.15 Å². The molecule has 0 atom stereocenters. The molecule has 1 aromatic heterocycles. The van der Waals surface area contributed by atoms with Gasteiger partial charge in [-0.15, -0.1) is 0 Å². The first kappa shape index (κ1) is 18.5. The van der Waals surface area contributed by atoms with Crippen LogP contribution in [0, 0.1) is 0 Å². The molecular formula is C22H21NO4. The molecule has 0 aliphatic carbocycles. The molecule has 0 radical (unpaired) electrons. The summed E-state index contributed by atoms with van der Waals surface area (Å²) in [4.78, 5) is 23.5. The van der Waals surface area contributed by atoms with Gasteiger partial charge in [0.1, 0.15) is 6.61 Å². The average molecular weight is 363 g/mol. The molecule has 0 saturated heterocycles. The monoisotopic (exact) mass is 363 g/mol. The molecule has 3 rings (SSSR count). The Bertz CT molecular complexity index is 855. The molecule has 0 saturated carbocycles. The number of rotatable bonds is 8. The predicted molar refractivity (Wildman–Crippen MR) is 102 cm³/mol. The third-order valence-corrected chi connectivity index (χ3v) is 4.05. The molecule has 0 spiro atoms. The molecular weight excluding hydrogens is 342 g/mol. The summed E-state index contributed by atoms with van der Waals surface area (Å²) in [6, 6.07) is 21.3. The number of esters is 1. The molecule has 0 unspecified atom stereocenters. The van der Waals surface area contributed by atoms with E-state index in [9.17, 15) is 9.59 Å². The van der Waals surface area contributed by atoms with Gasteiger partial charge in [-0.1, -0.05) is 54.6 Å². The Hall–Kier alpha value is -3.34. The lowest BCUT2D eigenvalue weighted by atomic mass is 10.0. The van der Waals surface area contributed by atoms with Crippen LogP contribution < -0.4 is 5.32 Å². The first-order valence-electron chi connectivity index (χ1n) is 8.84. The quantitative estimate of drug-likeness (QED) is 0.481. The van der Waals surface area contributed by atoms with Gasteiger partial charge < -0.3 is 14.5 Å². The third kappa shape index (κ3) is 5.57. The van der Waals surface area contributed by atoms with Crippen LogP contribution in [0.1, 0.15) is 29.0 Å². The summed E-state index contributed by atoms with van der Waals surface area (Å²) in [5.74, 6) is -0.308. The molecule has 1 heterocycles. The number of carbonyl (C=O) groups is 2. The van der Waals surface area contributed by atoms with Gasteiger partial charge >= 0.3 is 5.97 Å². The van der Waals surface area contributed by atoms with E-state index in [0.29, 0.717) is 13.0 Å². The Labute approximate surface area is 158 Å². The lowest BCUT2D eigenvalue weighted by molar-refractivity contribution is -0.145. The summed E-state index contributed by atoms with van der Waals surface area (Å²) in [6.45, 7) is 0.632. The highest BCUT2D eigenvalue weighted by molar-refractivity contribution is 5.91. The largest absolute Gasteiger partial charge is 0.461 e. The minimum Gasteiger partial charge on any atom is -0.461 e. The van der Waals surface area contributed by atoms with Crippen molar-refractivity contribution in [1.82, 2.24) is 5.32 Å². The third-order valence-electron chi connectivity index (χ3n) is 4.05. The van der Waals surface area contributed by atoms with Crippen LogP contribution >= 0.6 is 0 Å². The van der Waals surface area contributed by atoms with E-state index in [0.717, 1.165) is 16.7 Å². The molecule has 5 nitrogen and oxygen atoms in total. The normalized spacial score (nSPS) is 10.4. The van der Waals surface area contributed by atoms with Gasteiger partial charge in [0.05, 0.1) is 6.26 Å². The summed E-state index contributed by atoms with van der Waals surface area (Å²) < 4.78 is 10.3. The maximum atomic E-state index is 11.8. The van der Waals surface area contributed by atoms with Gasteiger partial charge in [0.2, 0.25) is 0 Å². The second-order valence-electron chi connectivity index (χ2n) is 6.06.